The van der Waals surface area contributed by atoms with Crippen molar-refractivity contribution in [2.75, 3.05) is 13.1 Å². The van der Waals surface area contributed by atoms with Gasteiger partial charge in [-0.25, -0.2) is 4.79 Å². The van der Waals surface area contributed by atoms with Crippen LogP contribution < -0.4 is 10.6 Å². The Morgan fingerprint density at radius 3 is 2.53 bits per heavy atom. The number of hydrogen-bond acceptors (Lipinski definition) is 2. The highest BCUT2D eigenvalue weighted by Crippen LogP contribution is 2.43. The van der Waals surface area contributed by atoms with E-state index in [1.54, 1.807) is 0 Å². The fourth-order valence-electron chi connectivity index (χ4n) is 2.30. The number of carboxylic acid groups (broad SMARTS) is 1. The van der Waals surface area contributed by atoms with Crippen LogP contribution in [0.5, 0.6) is 0 Å². The minimum atomic E-state index is -0.795. The van der Waals surface area contributed by atoms with Gasteiger partial charge in [-0.05, 0) is 31.1 Å². The smallest absolute Gasteiger partial charge is 0.314 e. The third-order valence-corrected chi connectivity index (χ3v) is 3.60. The van der Waals surface area contributed by atoms with Crippen LogP contribution in [0.4, 0.5) is 4.79 Å². The highest BCUT2D eigenvalue weighted by molar-refractivity contribution is 5.74. The largest absolute Gasteiger partial charge is 0.481 e. The highest BCUT2D eigenvalue weighted by atomic mass is 16.4. The molecule has 0 aromatic rings. The summed E-state index contributed by atoms with van der Waals surface area (Å²) in [5.41, 5.74) is -0.230. The Hall–Kier alpha value is -1.70. The Morgan fingerprint density at radius 1 is 1.26 bits per heavy atom. The number of hydrogen-bond donors (Lipinski definition) is 3. The molecule has 0 unspecified atom stereocenters. The first-order valence-corrected chi connectivity index (χ1v) is 6.75. The minimum Gasteiger partial charge on any atom is -0.481 e. The number of carbonyl (C=O) groups is 2. The second-order valence-corrected chi connectivity index (χ2v) is 5.19. The molecule has 106 valence electrons. The third kappa shape index (κ3) is 5.64. The summed E-state index contributed by atoms with van der Waals surface area (Å²) in [5.74, 6) is 1.76. The average Bonchev–Trinajstić information content (AvgIpc) is 2.31. The number of rotatable bonds is 8. The quantitative estimate of drug-likeness (QED) is 0.462. The molecule has 2 amide bonds. The number of nitrogens with one attached hydrogen (secondary N) is 2. The predicted molar refractivity (Wildman–Crippen MR) is 72.6 cm³/mol. The summed E-state index contributed by atoms with van der Waals surface area (Å²) in [6.45, 7) is 1.04. The van der Waals surface area contributed by atoms with Gasteiger partial charge in [-0.3, -0.25) is 4.79 Å². The molecular formula is C14H22N2O3. The van der Waals surface area contributed by atoms with E-state index in [0.29, 0.717) is 13.1 Å². The van der Waals surface area contributed by atoms with Gasteiger partial charge < -0.3 is 15.7 Å². The fourth-order valence-corrected chi connectivity index (χ4v) is 2.30. The number of carboxylic acids is 1. The summed E-state index contributed by atoms with van der Waals surface area (Å²) < 4.78 is 0. The first kappa shape index (κ1) is 15.4. The van der Waals surface area contributed by atoms with Crippen molar-refractivity contribution < 1.29 is 14.7 Å². The van der Waals surface area contributed by atoms with Crippen molar-refractivity contribution in [3.63, 3.8) is 0 Å². The molecule has 0 radical (unpaired) electrons. The number of carbonyl (C=O) groups excluding carboxylic acids is 1. The number of aliphatic carboxylic acids is 1. The normalized spacial score (nSPS) is 15.9. The van der Waals surface area contributed by atoms with Crippen molar-refractivity contribution in [1.82, 2.24) is 10.6 Å². The molecule has 0 aliphatic heterocycles. The van der Waals surface area contributed by atoms with Gasteiger partial charge in [-0.15, -0.1) is 12.3 Å². The Morgan fingerprint density at radius 2 is 2.00 bits per heavy atom. The fraction of sp³-hybridized carbons (Fsp3) is 0.714. The van der Waals surface area contributed by atoms with Crippen LogP contribution in [-0.4, -0.2) is 30.2 Å². The van der Waals surface area contributed by atoms with Gasteiger partial charge in [0.2, 0.25) is 0 Å². The van der Waals surface area contributed by atoms with Gasteiger partial charge in [0.25, 0.3) is 0 Å². The van der Waals surface area contributed by atoms with Crippen LogP contribution in [0.25, 0.3) is 0 Å². The van der Waals surface area contributed by atoms with Gasteiger partial charge in [0.1, 0.15) is 0 Å². The molecule has 1 aliphatic rings. The number of amides is 2. The first-order valence-electron chi connectivity index (χ1n) is 6.75. The second kappa shape index (κ2) is 7.67. The molecule has 0 saturated heterocycles. The SMILES string of the molecule is C#CCCCCNC(=O)NCC1(CC(=O)O)CCC1. The maximum Gasteiger partial charge on any atom is 0.314 e. The van der Waals surface area contributed by atoms with Crippen LogP contribution in [0.15, 0.2) is 0 Å². The van der Waals surface area contributed by atoms with Crippen molar-refractivity contribution in [1.29, 1.82) is 0 Å². The maximum absolute atomic E-state index is 11.5. The maximum atomic E-state index is 11.5. The van der Waals surface area contributed by atoms with Crippen molar-refractivity contribution in [3.05, 3.63) is 0 Å². The zero-order valence-electron chi connectivity index (χ0n) is 11.2. The van der Waals surface area contributed by atoms with Gasteiger partial charge in [-0.1, -0.05) is 6.42 Å². The average molecular weight is 266 g/mol. The standard InChI is InChI=1S/C14H22N2O3/c1-2-3-4-5-9-15-13(19)16-11-14(7-6-8-14)10-12(17)18/h1H,3-11H2,(H,17,18)(H2,15,16,19). The van der Waals surface area contributed by atoms with Crippen molar-refractivity contribution in [2.45, 2.75) is 44.9 Å². The van der Waals surface area contributed by atoms with E-state index in [0.717, 1.165) is 38.5 Å². The molecule has 1 fully saturated rings. The summed E-state index contributed by atoms with van der Waals surface area (Å²) in [7, 11) is 0. The van der Waals surface area contributed by atoms with E-state index in [-0.39, 0.29) is 17.9 Å². The molecule has 0 spiro atoms. The lowest BCUT2D eigenvalue weighted by Gasteiger charge is -2.40. The molecule has 5 heteroatoms. The third-order valence-electron chi connectivity index (χ3n) is 3.60. The molecular weight excluding hydrogens is 244 g/mol. The molecule has 1 saturated carbocycles. The Labute approximate surface area is 114 Å². The van der Waals surface area contributed by atoms with Gasteiger partial charge in [0.05, 0.1) is 6.42 Å². The summed E-state index contributed by atoms with van der Waals surface area (Å²) >= 11 is 0. The Kier molecular flexibility index (Phi) is 6.20. The lowest BCUT2D eigenvalue weighted by Crippen LogP contribution is -2.46. The van der Waals surface area contributed by atoms with Gasteiger partial charge in [0.15, 0.2) is 0 Å². The van der Waals surface area contributed by atoms with Crippen molar-refractivity contribution in [2.24, 2.45) is 5.41 Å². The van der Waals surface area contributed by atoms with Crippen LogP contribution in [0.2, 0.25) is 0 Å². The lowest BCUT2D eigenvalue weighted by atomic mass is 9.66. The molecule has 1 aliphatic carbocycles. The van der Waals surface area contributed by atoms with Crippen LogP contribution in [-0.2, 0) is 4.79 Å². The molecule has 0 heterocycles. The van der Waals surface area contributed by atoms with Crippen LogP contribution in [0, 0.1) is 17.8 Å². The van der Waals surface area contributed by atoms with Crippen molar-refractivity contribution >= 4 is 12.0 Å². The van der Waals surface area contributed by atoms with E-state index in [1.165, 1.54) is 0 Å². The van der Waals surface area contributed by atoms with E-state index in [9.17, 15) is 9.59 Å². The van der Waals surface area contributed by atoms with E-state index < -0.39 is 5.97 Å². The zero-order valence-corrected chi connectivity index (χ0v) is 11.2. The highest BCUT2D eigenvalue weighted by Gasteiger charge is 2.39. The molecule has 0 aromatic carbocycles. The second-order valence-electron chi connectivity index (χ2n) is 5.19. The number of urea groups is 1. The predicted octanol–water partition coefficient (Wildman–Crippen LogP) is 1.73. The lowest BCUT2D eigenvalue weighted by molar-refractivity contribution is -0.141. The van der Waals surface area contributed by atoms with E-state index in [2.05, 4.69) is 16.6 Å². The number of terminal acetylenes is 1. The van der Waals surface area contributed by atoms with Crippen molar-refractivity contribution in [3.8, 4) is 12.3 Å². The van der Waals surface area contributed by atoms with Crippen LogP contribution >= 0.6 is 0 Å². The molecule has 1 rings (SSSR count). The minimum absolute atomic E-state index is 0.134. The van der Waals surface area contributed by atoms with Crippen LogP contribution in [0.3, 0.4) is 0 Å². The molecule has 0 atom stereocenters. The first-order chi connectivity index (χ1) is 9.08. The summed E-state index contributed by atoms with van der Waals surface area (Å²) in [6.07, 6.45) is 10.6. The zero-order chi connectivity index (χ0) is 14.1. The molecule has 19 heavy (non-hydrogen) atoms. The van der Waals surface area contributed by atoms with E-state index >= 15 is 0 Å². The molecule has 0 bridgehead atoms. The van der Waals surface area contributed by atoms with Gasteiger partial charge in [0, 0.05) is 19.5 Å². The molecule has 3 N–H and O–H groups in total. The van der Waals surface area contributed by atoms with Gasteiger partial charge >= 0.3 is 12.0 Å². The Balaban J connectivity index is 2.15. The van der Waals surface area contributed by atoms with Gasteiger partial charge in [-0.2, -0.15) is 0 Å². The summed E-state index contributed by atoms with van der Waals surface area (Å²) in [4.78, 5) is 22.3. The summed E-state index contributed by atoms with van der Waals surface area (Å²) in [5, 5.41) is 14.4. The Bertz CT molecular complexity index is 356. The van der Waals surface area contributed by atoms with Crippen LogP contribution in [0.1, 0.15) is 44.9 Å². The molecule has 5 nitrogen and oxygen atoms in total. The monoisotopic (exact) mass is 266 g/mol. The molecule has 0 aromatic heterocycles. The topological polar surface area (TPSA) is 78.4 Å². The van der Waals surface area contributed by atoms with E-state index in [1.807, 2.05) is 0 Å². The van der Waals surface area contributed by atoms with E-state index in [4.69, 9.17) is 11.5 Å². The number of unbranched alkanes of at least 4 members (excludes halogenated alkanes) is 2. The summed E-state index contributed by atoms with van der Waals surface area (Å²) in [6, 6.07) is -0.225.